The quantitative estimate of drug-likeness (QED) is 0.108. The van der Waals surface area contributed by atoms with Gasteiger partial charge in [-0.15, -0.1) is 0 Å². The van der Waals surface area contributed by atoms with E-state index in [-0.39, 0.29) is 0 Å². The first-order chi connectivity index (χ1) is 15.6. The normalized spacial score (nSPS) is 10.5. The Labute approximate surface area is 194 Å². The molecule has 0 amide bonds. The zero-order chi connectivity index (χ0) is 23.8. The lowest BCUT2D eigenvalue weighted by Crippen LogP contribution is -2.13. The van der Waals surface area contributed by atoms with Crippen LogP contribution in [0.2, 0.25) is 0 Å². The Balaban J connectivity index is 3.46. The second-order valence-corrected chi connectivity index (χ2v) is 7.35. The Morgan fingerprint density at radius 3 is 1.59 bits per heavy atom. The van der Waals surface area contributed by atoms with Crippen LogP contribution in [-0.4, -0.2) is 32.4 Å². The average Bonchev–Trinajstić information content (AvgIpc) is 2.79. The number of hydrogen-bond donors (Lipinski definition) is 0. The number of carbonyl (C=O) groups excluding carboxylic acids is 1. The van der Waals surface area contributed by atoms with Crippen LogP contribution in [0, 0.1) is 0 Å². The van der Waals surface area contributed by atoms with E-state index in [0.717, 1.165) is 24.5 Å². The van der Waals surface area contributed by atoms with Gasteiger partial charge in [0, 0.05) is 11.6 Å². The predicted molar refractivity (Wildman–Crippen MR) is 129 cm³/mol. The molecule has 0 radical (unpaired) electrons. The lowest BCUT2D eigenvalue weighted by molar-refractivity contribution is -0.129. The molecule has 0 bridgehead atoms. The fraction of sp³-hybridized carbons (Fsp3) is 0.654. The van der Waals surface area contributed by atoms with Crippen LogP contribution in [0.1, 0.15) is 85.1 Å². The van der Waals surface area contributed by atoms with E-state index in [1.807, 2.05) is 27.7 Å². The summed E-state index contributed by atoms with van der Waals surface area (Å²) in [5, 5.41) is 0. The van der Waals surface area contributed by atoms with Crippen LogP contribution in [0.4, 0.5) is 0 Å². The summed E-state index contributed by atoms with van der Waals surface area (Å²) in [6.45, 7) is 15.0. The molecule has 0 spiro atoms. The van der Waals surface area contributed by atoms with Crippen molar-refractivity contribution in [3.05, 3.63) is 18.2 Å². The van der Waals surface area contributed by atoms with Crippen molar-refractivity contribution in [3.8, 4) is 28.7 Å². The van der Waals surface area contributed by atoms with Gasteiger partial charge in [-0.05, 0) is 40.5 Å². The lowest BCUT2D eigenvalue weighted by Gasteiger charge is -2.24. The van der Waals surface area contributed by atoms with E-state index in [0.29, 0.717) is 61.6 Å². The van der Waals surface area contributed by atoms with Gasteiger partial charge in [0.05, 0.1) is 26.4 Å². The zero-order valence-corrected chi connectivity index (χ0v) is 20.7. The summed E-state index contributed by atoms with van der Waals surface area (Å²) >= 11 is 0. The maximum atomic E-state index is 12.2. The first-order valence-electron chi connectivity index (χ1n) is 12.2. The van der Waals surface area contributed by atoms with E-state index in [1.54, 1.807) is 0 Å². The van der Waals surface area contributed by atoms with Gasteiger partial charge in [-0.2, -0.15) is 0 Å². The van der Waals surface area contributed by atoms with Crippen molar-refractivity contribution in [3.63, 3.8) is 0 Å². The van der Waals surface area contributed by atoms with Crippen molar-refractivity contribution in [2.24, 2.45) is 0 Å². The SMILES string of the molecule is C=CC(=O)Oc1c(CCCCCCCCC)c(OCC)c(OCC)c(OCC)c1OCC. The summed E-state index contributed by atoms with van der Waals surface area (Å²) in [7, 11) is 0. The minimum atomic E-state index is -0.555. The Morgan fingerprint density at radius 1 is 0.656 bits per heavy atom. The molecule has 0 saturated carbocycles. The first-order valence-corrected chi connectivity index (χ1v) is 12.2. The number of esters is 1. The van der Waals surface area contributed by atoms with Crippen molar-refractivity contribution in [1.29, 1.82) is 0 Å². The first kappa shape index (κ1) is 27.7. The molecular weight excluding hydrogens is 408 g/mol. The summed E-state index contributed by atoms with van der Waals surface area (Å²) in [5.74, 6) is 1.60. The fourth-order valence-corrected chi connectivity index (χ4v) is 3.55. The second kappa shape index (κ2) is 16.3. The lowest BCUT2D eigenvalue weighted by atomic mass is 10.0. The second-order valence-electron chi connectivity index (χ2n) is 7.35. The van der Waals surface area contributed by atoms with Gasteiger partial charge < -0.3 is 23.7 Å². The van der Waals surface area contributed by atoms with E-state index >= 15 is 0 Å². The molecule has 0 atom stereocenters. The molecule has 0 N–H and O–H groups in total. The molecule has 6 nitrogen and oxygen atoms in total. The van der Waals surface area contributed by atoms with Crippen LogP contribution in [0.15, 0.2) is 12.7 Å². The van der Waals surface area contributed by atoms with E-state index in [4.69, 9.17) is 23.7 Å². The topological polar surface area (TPSA) is 63.2 Å². The van der Waals surface area contributed by atoms with E-state index in [1.165, 1.54) is 32.1 Å². The van der Waals surface area contributed by atoms with E-state index in [2.05, 4.69) is 13.5 Å². The molecule has 0 aromatic heterocycles. The van der Waals surface area contributed by atoms with E-state index in [9.17, 15) is 4.79 Å². The highest BCUT2D eigenvalue weighted by atomic mass is 16.6. The highest BCUT2D eigenvalue weighted by Crippen LogP contribution is 2.54. The van der Waals surface area contributed by atoms with Crippen LogP contribution in [0.5, 0.6) is 28.7 Å². The average molecular weight is 451 g/mol. The molecule has 0 heterocycles. The number of rotatable bonds is 18. The molecule has 0 saturated heterocycles. The molecule has 182 valence electrons. The van der Waals surface area contributed by atoms with Crippen molar-refractivity contribution in [1.82, 2.24) is 0 Å². The van der Waals surface area contributed by atoms with Gasteiger partial charge in [0.2, 0.25) is 17.2 Å². The Kier molecular flexibility index (Phi) is 14.1. The third-order valence-electron chi connectivity index (χ3n) is 4.93. The summed E-state index contributed by atoms with van der Waals surface area (Å²) < 4.78 is 29.5. The molecule has 1 aromatic rings. The summed E-state index contributed by atoms with van der Waals surface area (Å²) in [4.78, 5) is 12.2. The summed E-state index contributed by atoms with van der Waals surface area (Å²) in [5.41, 5.74) is 0.769. The predicted octanol–water partition coefficient (Wildman–Crippen LogP) is 6.67. The minimum absolute atomic E-state index is 0.332. The minimum Gasteiger partial charge on any atom is -0.489 e. The number of ether oxygens (including phenoxy) is 5. The summed E-state index contributed by atoms with van der Waals surface area (Å²) in [6.07, 6.45) is 10.1. The van der Waals surface area contributed by atoms with Crippen LogP contribution >= 0.6 is 0 Å². The highest BCUT2D eigenvalue weighted by molar-refractivity contribution is 5.85. The molecule has 0 unspecified atom stereocenters. The molecule has 1 aromatic carbocycles. The number of carbonyl (C=O) groups is 1. The molecular formula is C26H42O6. The molecule has 0 aliphatic rings. The zero-order valence-electron chi connectivity index (χ0n) is 20.7. The maximum Gasteiger partial charge on any atom is 0.335 e. The molecule has 0 aliphatic heterocycles. The maximum absolute atomic E-state index is 12.2. The fourth-order valence-electron chi connectivity index (χ4n) is 3.55. The van der Waals surface area contributed by atoms with Gasteiger partial charge in [-0.3, -0.25) is 0 Å². The van der Waals surface area contributed by atoms with Gasteiger partial charge in [0.1, 0.15) is 0 Å². The van der Waals surface area contributed by atoms with Crippen molar-refractivity contribution >= 4 is 5.97 Å². The number of hydrogen-bond acceptors (Lipinski definition) is 6. The highest BCUT2D eigenvalue weighted by Gasteiger charge is 2.30. The smallest absolute Gasteiger partial charge is 0.335 e. The van der Waals surface area contributed by atoms with Gasteiger partial charge in [0.25, 0.3) is 0 Å². The van der Waals surface area contributed by atoms with Gasteiger partial charge in [-0.25, -0.2) is 4.79 Å². The molecule has 1 rings (SSSR count). The number of unbranched alkanes of at least 4 members (excludes halogenated alkanes) is 6. The van der Waals surface area contributed by atoms with Crippen molar-refractivity contribution in [2.45, 2.75) is 86.0 Å². The van der Waals surface area contributed by atoms with Gasteiger partial charge >= 0.3 is 5.97 Å². The van der Waals surface area contributed by atoms with Crippen molar-refractivity contribution < 1.29 is 28.5 Å². The molecule has 0 aliphatic carbocycles. The van der Waals surface area contributed by atoms with Crippen LogP contribution < -0.4 is 23.7 Å². The standard InChI is InChI=1S/C26H42O6/c1-7-13-14-15-16-17-18-19-20-22(28-9-3)24(29-10-4)26(31-12-6)25(30-11-5)23(20)32-21(27)8-2/h8H,2,7,9-19H2,1,3-6H3. The third-order valence-corrected chi connectivity index (χ3v) is 4.93. The number of benzene rings is 1. The molecule has 32 heavy (non-hydrogen) atoms. The molecule has 0 fully saturated rings. The monoisotopic (exact) mass is 450 g/mol. The van der Waals surface area contributed by atoms with Crippen LogP contribution in [0.3, 0.4) is 0 Å². The van der Waals surface area contributed by atoms with Crippen molar-refractivity contribution in [2.75, 3.05) is 26.4 Å². The summed E-state index contributed by atoms with van der Waals surface area (Å²) in [6, 6.07) is 0. The van der Waals surface area contributed by atoms with Gasteiger partial charge in [-0.1, -0.05) is 52.0 Å². The molecule has 6 heteroatoms. The van der Waals surface area contributed by atoms with Gasteiger partial charge in [0.15, 0.2) is 11.5 Å². The van der Waals surface area contributed by atoms with Crippen LogP contribution in [0.25, 0.3) is 0 Å². The third kappa shape index (κ3) is 8.29. The Hall–Kier alpha value is -2.37. The Morgan fingerprint density at radius 2 is 1.09 bits per heavy atom. The Bertz CT molecular complexity index is 698. The largest absolute Gasteiger partial charge is 0.489 e. The van der Waals surface area contributed by atoms with Crippen LogP contribution in [-0.2, 0) is 11.2 Å². The van der Waals surface area contributed by atoms with E-state index < -0.39 is 5.97 Å².